The van der Waals surface area contributed by atoms with Gasteiger partial charge in [-0.2, -0.15) is 0 Å². The maximum absolute atomic E-state index is 11.3. The van der Waals surface area contributed by atoms with E-state index in [1.165, 1.54) is 0 Å². The van der Waals surface area contributed by atoms with Crippen LogP contribution in [0.5, 0.6) is 0 Å². The van der Waals surface area contributed by atoms with Gasteiger partial charge in [0, 0.05) is 35.2 Å². The number of aromatic amines is 1. The molecule has 2 aromatic rings. The van der Waals surface area contributed by atoms with Crippen LogP contribution in [-0.2, 0) is 4.79 Å². The monoisotopic (exact) mass is 275 g/mol. The van der Waals surface area contributed by atoms with E-state index in [-0.39, 0.29) is 11.8 Å². The van der Waals surface area contributed by atoms with Crippen molar-refractivity contribution in [3.05, 3.63) is 40.8 Å². The molecule has 0 bridgehead atoms. The number of carbonyl (C=O) groups excluding carboxylic acids is 1. The second-order valence-corrected chi connectivity index (χ2v) is 5.25. The van der Waals surface area contributed by atoms with Crippen molar-refractivity contribution in [2.45, 2.75) is 19.3 Å². The van der Waals surface area contributed by atoms with Gasteiger partial charge in [-0.1, -0.05) is 23.7 Å². The van der Waals surface area contributed by atoms with Gasteiger partial charge in [0.05, 0.1) is 5.69 Å². The third-order valence-electron chi connectivity index (χ3n) is 3.37. The highest BCUT2D eigenvalue weighted by Crippen LogP contribution is 2.28. The predicted octanol–water partition coefficient (Wildman–Crippen LogP) is 2.64. The summed E-state index contributed by atoms with van der Waals surface area (Å²) in [5.41, 5.74) is 2.89. The van der Waals surface area contributed by atoms with E-state index in [9.17, 15) is 4.79 Å². The SMILES string of the molecule is Cc1[nH]c(C2CNC(=O)C2)nc1-c1cccc(Cl)c1. The smallest absolute Gasteiger partial charge is 0.220 e. The number of hydrogen-bond donors (Lipinski definition) is 2. The van der Waals surface area contributed by atoms with Gasteiger partial charge in [-0.15, -0.1) is 0 Å². The number of halogens is 1. The predicted molar refractivity (Wildman–Crippen MR) is 74.1 cm³/mol. The first-order valence-electron chi connectivity index (χ1n) is 6.22. The van der Waals surface area contributed by atoms with Gasteiger partial charge in [-0.05, 0) is 19.1 Å². The molecule has 1 atom stereocenters. The molecule has 19 heavy (non-hydrogen) atoms. The molecule has 1 fully saturated rings. The summed E-state index contributed by atoms with van der Waals surface area (Å²) < 4.78 is 0. The van der Waals surface area contributed by atoms with Crippen molar-refractivity contribution in [1.29, 1.82) is 0 Å². The average molecular weight is 276 g/mol. The Kier molecular flexibility index (Phi) is 3.03. The van der Waals surface area contributed by atoms with Crippen LogP contribution in [0.3, 0.4) is 0 Å². The first-order chi connectivity index (χ1) is 9.13. The number of aryl methyl sites for hydroxylation is 1. The first kappa shape index (κ1) is 12.2. The highest BCUT2D eigenvalue weighted by atomic mass is 35.5. The van der Waals surface area contributed by atoms with Crippen LogP contribution < -0.4 is 5.32 Å². The Morgan fingerprint density at radius 3 is 2.95 bits per heavy atom. The Morgan fingerprint density at radius 1 is 1.42 bits per heavy atom. The molecule has 98 valence electrons. The number of nitrogens with one attached hydrogen (secondary N) is 2. The number of H-pyrrole nitrogens is 1. The molecule has 0 aliphatic carbocycles. The fourth-order valence-corrected chi connectivity index (χ4v) is 2.58. The Balaban J connectivity index is 1.95. The number of carbonyl (C=O) groups is 1. The number of benzene rings is 1. The van der Waals surface area contributed by atoms with Crippen molar-refractivity contribution in [3.8, 4) is 11.3 Å². The Bertz CT molecular complexity index is 635. The van der Waals surface area contributed by atoms with Gasteiger partial charge in [-0.25, -0.2) is 4.98 Å². The van der Waals surface area contributed by atoms with Crippen molar-refractivity contribution in [1.82, 2.24) is 15.3 Å². The van der Waals surface area contributed by atoms with Gasteiger partial charge in [0.2, 0.25) is 5.91 Å². The van der Waals surface area contributed by atoms with Crippen molar-refractivity contribution in [2.75, 3.05) is 6.54 Å². The average Bonchev–Trinajstić information content (AvgIpc) is 2.95. The highest BCUT2D eigenvalue weighted by molar-refractivity contribution is 6.30. The third-order valence-corrected chi connectivity index (χ3v) is 3.60. The summed E-state index contributed by atoms with van der Waals surface area (Å²) in [6.45, 7) is 2.64. The molecule has 0 saturated carbocycles. The number of amides is 1. The lowest BCUT2D eigenvalue weighted by atomic mass is 10.1. The van der Waals surface area contributed by atoms with E-state index < -0.39 is 0 Å². The number of aromatic nitrogens is 2. The normalized spacial score (nSPS) is 18.6. The second-order valence-electron chi connectivity index (χ2n) is 4.81. The Hall–Kier alpha value is -1.81. The number of rotatable bonds is 2. The van der Waals surface area contributed by atoms with Crippen LogP contribution >= 0.6 is 11.6 Å². The van der Waals surface area contributed by atoms with Crippen LogP contribution in [0.2, 0.25) is 5.02 Å². The topological polar surface area (TPSA) is 57.8 Å². The summed E-state index contributed by atoms with van der Waals surface area (Å²) in [4.78, 5) is 19.2. The van der Waals surface area contributed by atoms with Crippen molar-refractivity contribution < 1.29 is 4.79 Å². The van der Waals surface area contributed by atoms with E-state index in [1.807, 2.05) is 31.2 Å². The first-order valence-corrected chi connectivity index (χ1v) is 6.60. The quantitative estimate of drug-likeness (QED) is 0.885. The molecule has 4 nitrogen and oxygen atoms in total. The van der Waals surface area contributed by atoms with Gasteiger partial charge < -0.3 is 10.3 Å². The van der Waals surface area contributed by atoms with Crippen LogP contribution in [0, 0.1) is 6.92 Å². The largest absolute Gasteiger partial charge is 0.355 e. The molecule has 1 unspecified atom stereocenters. The summed E-state index contributed by atoms with van der Waals surface area (Å²) in [6, 6.07) is 7.63. The molecule has 0 spiro atoms. The minimum atomic E-state index is 0.0864. The van der Waals surface area contributed by atoms with E-state index in [0.29, 0.717) is 18.0 Å². The van der Waals surface area contributed by atoms with Gasteiger partial charge in [-0.3, -0.25) is 4.79 Å². The number of hydrogen-bond acceptors (Lipinski definition) is 2. The van der Waals surface area contributed by atoms with E-state index in [0.717, 1.165) is 22.8 Å². The van der Waals surface area contributed by atoms with Crippen molar-refractivity contribution >= 4 is 17.5 Å². The lowest BCUT2D eigenvalue weighted by Crippen LogP contribution is -2.13. The Labute approximate surface area is 116 Å². The number of nitrogens with zero attached hydrogens (tertiary/aromatic N) is 1. The van der Waals surface area contributed by atoms with E-state index >= 15 is 0 Å². The van der Waals surface area contributed by atoms with Crippen molar-refractivity contribution in [2.24, 2.45) is 0 Å². The van der Waals surface area contributed by atoms with Gasteiger partial charge in [0.15, 0.2) is 0 Å². The highest BCUT2D eigenvalue weighted by Gasteiger charge is 2.26. The van der Waals surface area contributed by atoms with Crippen LogP contribution in [0.25, 0.3) is 11.3 Å². The summed E-state index contributed by atoms with van der Waals surface area (Å²) >= 11 is 6.01. The minimum absolute atomic E-state index is 0.0864. The lowest BCUT2D eigenvalue weighted by molar-refractivity contribution is -0.119. The van der Waals surface area contributed by atoms with Crippen LogP contribution in [0.15, 0.2) is 24.3 Å². The number of imidazole rings is 1. The zero-order valence-electron chi connectivity index (χ0n) is 10.5. The van der Waals surface area contributed by atoms with E-state index in [2.05, 4.69) is 15.3 Å². The molecule has 1 saturated heterocycles. The minimum Gasteiger partial charge on any atom is -0.355 e. The van der Waals surface area contributed by atoms with Gasteiger partial charge in [0.1, 0.15) is 5.82 Å². The third kappa shape index (κ3) is 2.36. The molecule has 3 rings (SSSR count). The molecule has 1 amide bonds. The van der Waals surface area contributed by atoms with Crippen LogP contribution in [0.1, 0.15) is 23.9 Å². The summed E-state index contributed by atoms with van der Waals surface area (Å²) in [7, 11) is 0. The van der Waals surface area contributed by atoms with E-state index in [4.69, 9.17) is 11.6 Å². The standard InChI is InChI=1S/C14H14ClN3O/c1-8-13(9-3-2-4-11(15)5-9)18-14(17-8)10-6-12(19)16-7-10/h2-5,10H,6-7H2,1H3,(H,16,19)(H,17,18). The fraction of sp³-hybridized carbons (Fsp3) is 0.286. The molecular formula is C14H14ClN3O. The molecule has 1 aliphatic rings. The van der Waals surface area contributed by atoms with Crippen LogP contribution in [0.4, 0.5) is 0 Å². The summed E-state index contributed by atoms with van der Waals surface area (Å²) in [5.74, 6) is 1.09. The molecule has 1 aliphatic heterocycles. The zero-order chi connectivity index (χ0) is 13.4. The molecular weight excluding hydrogens is 262 g/mol. The summed E-state index contributed by atoms with van der Waals surface area (Å²) in [5, 5.41) is 3.52. The van der Waals surface area contributed by atoms with Gasteiger partial charge in [0.25, 0.3) is 0 Å². The molecule has 2 N–H and O–H groups in total. The fourth-order valence-electron chi connectivity index (χ4n) is 2.39. The van der Waals surface area contributed by atoms with Crippen molar-refractivity contribution in [3.63, 3.8) is 0 Å². The second kappa shape index (κ2) is 4.70. The molecule has 1 aromatic heterocycles. The molecule has 5 heteroatoms. The Morgan fingerprint density at radius 2 is 2.26 bits per heavy atom. The molecule has 1 aromatic carbocycles. The molecule has 2 heterocycles. The summed E-state index contributed by atoms with van der Waals surface area (Å²) in [6.07, 6.45) is 0.502. The zero-order valence-corrected chi connectivity index (χ0v) is 11.3. The lowest BCUT2D eigenvalue weighted by Gasteiger charge is -2.01. The van der Waals surface area contributed by atoms with Crippen LogP contribution in [-0.4, -0.2) is 22.4 Å². The molecule has 0 radical (unpaired) electrons. The van der Waals surface area contributed by atoms with Gasteiger partial charge >= 0.3 is 0 Å². The van der Waals surface area contributed by atoms with E-state index in [1.54, 1.807) is 0 Å². The maximum Gasteiger partial charge on any atom is 0.220 e. The maximum atomic E-state index is 11.3.